The number of nitrogens with one attached hydrogen (secondary N) is 1. The fourth-order valence-corrected chi connectivity index (χ4v) is 4.34. The van der Waals surface area contributed by atoms with Crippen LogP contribution in [0.4, 0.5) is 0 Å². The zero-order chi connectivity index (χ0) is 16.9. The van der Waals surface area contributed by atoms with Crippen molar-refractivity contribution in [3.63, 3.8) is 0 Å². The zero-order valence-corrected chi connectivity index (χ0v) is 14.1. The van der Waals surface area contributed by atoms with Gasteiger partial charge in [-0.25, -0.2) is 0 Å². The van der Waals surface area contributed by atoms with Gasteiger partial charge in [-0.05, 0) is 60.4 Å². The second-order valence-corrected chi connectivity index (χ2v) is 6.47. The molecule has 2 aliphatic carbocycles. The SMILES string of the molecule is COC1=C[C@]23CCN[C@H](Cc4cc(OC)c(OC)cc42)C3=CC1=O. The summed E-state index contributed by atoms with van der Waals surface area (Å²) in [7, 11) is 4.85. The van der Waals surface area contributed by atoms with E-state index in [9.17, 15) is 4.79 Å². The monoisotopic (exact) mass is 327 g/mol. The molecule has 1 N–H and O–H groups in total. The molecule has 1 aliphatic heterocycles. The summed E-state index contributed by atoms with van der Waals surface area (Å²) >= 11 is 0. The number of carbonyl (C=O) groups excluding carboxylic acids is 1. The molecule has 2 bridgehead atoms. The van der Waals surface area contributed by atoms with Gasteiger partial charge in [-0.3, -0.25) is 4.79 Å². The molecule has 0 saturated carbocycles. The lowest BCUT2D eigenvalue weighted by atomic mass is 9.59. The molecule has 0 amide bonds. The minimum atomic E-state index is -0.303. The standard InChI is InChI=1S/C19H21NO4/c1-22-16-7-11-6-14-13-8-15(21)18(24-3)10-19(13,4-5-20-14)12(11)9-17(16)23-2/h7-10,14,20H,4-6H2,1-3H3/t14-,19-/m1/s1. The lowest BCUT2D eigenvalue weighted by Crippen LogP contribution is -2.54. The quantitative estimate of drug-likeness (QED) is 0.919. The van der Waals surface area contributed by atoms with Crippen molar-refractivity contribution in [2.75, 3.05) is 27.9 Å². The number of rotatable bonds is 3. The topological polar surface area (TPSA) is 56.8 Å². The van der Waals surface area contributed by atoms with Gasteiger partial charge in [-0.1, -0.05) is 0 Å². The highest BCUT2D eigenvalue weighted by Crippen LogP contribution is 2.51. The highest BCUT2D eigenvalue weighted by Gasteiger charge is 2.49. The van der Waals surface area contributed by atoms with E-state index in [4.69, 9.17) is 14.2 Å². The Labute approximate surface area is 141 Å². The van der Waals surface area contributed by atoms with Crippen LogP contribution in [0.3, 0.4) is 0 Å². The van der Waals surface area contributed by atoms with Crippen LogP contribution in [-0.2, 0) is 21.4 Å². The van der Waals surface area contributed by atoms with E-state index in [0.29, 0.717) is 11.5 Å². The van der Waals surface area contributed by atoms with Gasteiger partial charge in [0.1, 0.15) is 0 Å². The number of ketones is 1. The van der Waals surface area contributed by atoms with Crippen molar-refractivity contribution in [1.29, 1.82) is 0 Å². The van der Waals surface area contributed by atoms with Crippen LogP contribution in [0.25, 0.3) is 0 Å². The number of carbonyl (C=O) groups is 1. The molecule has 0 unspecified atom stereocenters. The number of ether oxygens (including phenoxy) is 3. The molecular weight excluding hydrogens is 306 g/mol. The first-order valence-corrected chi connectivity index (χ1v) is 8.15. The lowest BCUT2D eigenvalue weighted by Gasteiger charge is -2.49. The second-order valence-electron chi connectivity index (χ2n) is 6.47. The van der Waals surface area contributed by atoms with Crippen LogP contribution in [0.5, 0.6) is 11.5 Å². The number of fused-ring (bicyclic) bond motifs is 1. The van der Waals surface area contributed by atoms with E-state index < -0.39 is 0 Å². The van der Waals surface area contributed by atoms with Gasteiger partial charge in [0, 0.05) is 11.5 Å². The molecule has 0 aromatic heterocycles. The maximum absolute atomic E-state index is 12.3. The van der Waals surface area contributed by atoms with Gasteiger partial charge in [0.25, 0.3) is 0 Å². The van der Waals surface area contributed by atoms with Crippen molar-refractivity contribution in [1.82, 2.24) is 5.32 Å². The minimum Gasteiger partial charge on any atom is -0.493 e. The van der Waals surface area contributed by atoms with Gasteiger partial charge in [-0.15, -0.1) is 0 Å². The van der Waals surface area contributed by atoms with E-state index in [-0.39, 0.29) is 17.2 Å². The Kier molecular flexibility index (Phi) is 3.42. The van der Waals surface area contributed by atoms with Crippen molar-refractivity contribution in [3.05, 3.63) is 46.7 Å². The minimum absolute atomic E-state index is 0.0549. The maximum Gasteiger partial charge on any atom is 0.220 e. The van der Waals surface area contributed by atoms with E-state index in [1.807, 2.05) is 6.08 Å². The summed E-state index contributed by atoms with van der Waals surface area (Å²) in [4.78, 5) is 12.3. The fourth-order valence-electron chi connectivity index (χ4n) is 4.34. The summed E-state index contributed by atoms with van der Waals surface area (Å²) < 4.78 is 16.3. The van der Waals surface area contributed by atoms with Crippen molar-refractivity contribution >= 4 is 5.78 Å². The predicted molar refractivity (Wildman–Crippen MR) is 89.5 cm³/mol. The highest BCUT2D eigenvalue weighted by molar-refractivity contribution is 6.05. The molecule has 0 radical (unpaired) electrons. The number of allylic oxidation sites excluding steroid dienone is 2. The average Bonchev–Trinajstić information content (AvgIpc) is 2.60. The number of benzene rings is 1. The molecule has 126 valence electrons. The Balaban J connectivity index is 1.98. The Bertz CT molecular complexity index is 780. The predicted octanol–water partition coefficient (Wildman–Crippen LogP) is 1.90. The van der Waals surface area contributed by atoms with Crippen LogP contribution in [0.2, 0.25) is 0 Å². The molecule has 1 aromatic rings. The Morgan fingerprint density at radius 2 is 1.88 bits per heavy atom. The summed E-state index contributed by atoms with van der Waals surface area (Å²) in [6.45, 7) is 0.900. The first-order chi connectivity index (χ1) is 11.6. The maximum atomic E-state index is 12.3. The summed E-state index contributed by atoms with van der Waals surface area (Å²) in [5, 5.41) is 3.54. The van der Waals surface area contributed by atoms with E-state index in [2.05, 4.69) is 17.4 Å². The third-order valence-corrected chi connectivity index (χ3v) is 5.44. The second kappa shape index (κ2) is 5.38. The molecule has 2 atom stereocenters. The van der Waals surface area contributed by atoms with Crippen LogP contribution in [0, 0.1) is 0 Å². The lowest BCUT2D eigenvalue weighted by molar-refractivity contribution is -0.114. The summed E-state index contributed by atoms with van der Waals surface area (Å²) in [6.07, 6.45) is 5.49. The third kappa shape index (κ3) is 1.94. The molecule has 1 saturated heterocycles. The number of hydrogen-bond acceptors (Lipinski definition) is 5. The third-order valence-electron chi connectivity index (χ3n) is 5.44. The molecule has 24 heavy (non-hydrogen) atoms. The highest BCUT2D eigenvalue weighted by atomic mass is 16.5. The molecule has 5 heteroatoms. The first kappa shape index (κ1) is 15.3. The Hall–Kier alpha value is -2.27. The number of hydrogen-bond donors (Lipinski definition) is 1. The Morgan fingerprint density at radius 1 is 1.12 bits per heavy atom. The molecular formula is C19H21NO4. The average molecular weight is 327 g/mol. The van der Waals surface area contributed by atoms with Gasteiger partial charge in [0.2, 0.25) is 5.78 Å². The molecule has 1 fully saturated rings. The smallest absolute Gasteiger partial charge is 0.220 e. The zero-order valence-electron chi connectivity index (χ0n) is 14.1. The van der Waals surface area contributed by atoms with E-state index in [1.165, 1.54) is 11.1 Å². The van der Waals surface area contributed by atoms with Gasteiger partial charge in [0.05, 0.1) is 21.3 Å². The van der Waals surface area contributed by atoms with Gasteiger partial charge < -0.3 is 19.5 Å². The molecule has 5 nitrogen and oxygen atoms in total. The molecule has 1 heterocycles. The Morgan fingerprint density at radius 3 is 2.58 bits per heavy atom. The number of piperidine rings is 1. The first-order valence-electron chi connectivity index (χ1n) is 8.15. The van der Waals surface area contributed by atoms with Crippen LogP contribution < -0.4 is 14.8 Å². The largest absolute Gasteiger partial charge is 0.493 e. The van der Waals surface area contributed by atoms with Gasteiger partial charge in [-0.2, -0.15) is 0 Å². The van der Waals surface area contributed by atoms with Crippen LogP contribution >= 0.6 is 0 Å². The van der Waals surface area contributed by atoms with E-state index >= 15 is 0 Å². The molecule has 1 aromatic carbocycles. The van der Waals surface area contributed by atoms with Crippen molar-refractivity contribution in [2.45, 2.75) is 24.3 Å². The molecule has 4 rings (SSSR count). The van der Waals surface area contributed by atoms with Crippen LogP contribution in [0.15, 0.2) is 35.6 Å². The summed E-state index contributed by atoms with van der Waals surface area (Å²) in [5.41, 5.74) is 3.25. The van der Waals surface area contributed by atoms with Crippen molar-refractivity contribution in [3.8, 4) is 11.5 Å². The summed E-state index contributed by atoms with van der Waals surface area (Å²) in [5.74, 6) is 1.81. The van der Waals surface area contributed by atoms with E-state index in [1.54, 1.807) is 27.4 Å². The molecule has 3 aliphatic rings. The van der Waals surface area contributed by atoms with Crippen molar-refractivity contribution in [2.24, 2.45) is 0 Å². The fraction of sp³-hybridized carbons (Fsp3) is 0.421. The van der Waals surface area contributed by atoms with Crippen LogP contribution in [0.1, 0.15) is 17.5 Å². The van der Waals surface area contributed by atoms with E-state index in [0.717, 1.165) is 30.7 Å². The van der Waals surface area contributed by atoms with Gasteiger partial charge in [0.15, 0.2) is 17.3 Å². The van der Waals surface area contributed by atoms with Gasteiger partial charge >= 0.3 is 0 Å². The van der Waals surface area contributed by atoms with Crippen molar-refractivity contribution < 1.29 is 19.0 Å². The number of methoxy groups -OCH3 is 3. The summed E-state index contributed by atoms with van der Waals surface area (Å²) in [6, 6.07) is 4.29. The normalized spacial score (nSPS) is 27.5. The molecule has 0 spiro atoms. The van der Waals surface area contributed by atoms with Crippen LogP contribution in [-0.4, -0.2) is 39.7 Å².